The van der Waals surface area contributed by atoms with Crippen molar-refractivity contribution in [1.82, 2.24) is 4.90 Å². The highest BCUT2D eigenvalue weighted by molar-refractivity contribution is 8.00. The summed E-state index contributed by atoms with van der Waals surface area (Å²) in [5.74, 6) is 2.27. The van der Waals surface area contributed by atoms with Crippen LogP contribution in [0.15, 0.2) is 41.3 Å². The zero-order valence-corrected chi connectivity index (χ0v) is 16.7. The van der Waals surface area contributed by atoms with Crippen molar-refractivity contribution in [3.8, 4) is 11.5 Å². The monoisotopic (exact) mass is 383 g/mol. The molecule has 0 aromatic heterocycles. The summed E-state index contributed by atoms with van der Waals surface area (Å²) < 4.78 is 11.3. The van der Waals surface area contributed by atoms with E-state index in [4.69, 9.17) is 9.47 Å². The lowest BCUT2D eigenvalue weighted by Gasteiger charge is -2.27. The molecule has 1 fully saturated rings. The zero-order valence-electron chi connectivity index (χ0n) is 15.9. The van der Waals surface area contributed by atoms with Crippen molar-refractivity contribution < 1.29 is 14.3 Å². The predicted molar refractivity (Wildman–Crippen MR) is 108 cm³/mol. The maximum Gasteiger partial charge on any atom is 0.233 e. The molecule has 4 rings (SSSR count). The van der Waals surface area contributed by atoms with Crippen molar-refractivity contribution in [3.63, 3.8) is 0 Å². The van der Waals surface area contributed by atoms with Gasteiger partial charge in [0.05, 0.1) is 11.8 Å². The number of amides is 1. The van der Waals surface area contributed by atoms with Crippen molar-refractivity contribution >= 4 is 17.7 Å². The number of carbonyl (C=O) groups is 1. The van der Waals surface area contributed by atoms with Crippen LogP contribution in [-0.2, 0) is 4.79 Å². The van der Waals surface area contributed by atoms with Gasteiger partial charge in [-0.3, -0.25) is 4.79 Å². The van der Waals surface area contributed by atoms with Gasteiger partial charge in [0.25, 0.3) is 0 Å². The molecule has 142 valence electrons. The van der Waals surface area contributed by atoms with Gasteiger partial charge < -0.3 is 14.4 Å². The van der Waals surface area contributed by atoms with E-state index in [0.717, 1.165) is 36.4 Å². The van der Waals surface area contributed by atoms with Crippen LogP contribution >= 0.6 is 11.8 Å². The van der Waals surface area contributed by atoms with Gasteiger partial charge in [-0.05, 0) is 56.0 Å². The predicted octanol–water partition coefficient (Wildman–Crippen LogP) is 4.53. The molecule has 1 atom stereocenters. The molecule has 5 heteroatoms. The Morgan fingerprint density at radius 1 is 1.11 bits per heavy atom. The molecule has 1 amide bonds. The van der Waals surface area contributed by atoms with Crippen LogP contribution in [0.3, 0.4) is 0 Å². The lowest BCUT2D eigenvalue weighted by atomic mass is 10.0. The smallest absolute Gasteiger partial charge is 0.233 e. The molecule has 0 spiro atoms. The standard InChI is InChI=1S/C22H25NO3S/c1-15-5-8-21(16(2)12-15)27-14-22(24)23-9-3-4-18(23)17-6-7-19-20(13-17)26-11-10-25-19/h5-8,12-13,18H,3-4,9-11,14H2,1-2H3. The van der Waals surface area contributed by atoms with E-state index in [0.29, 0.717) is 19.0 Å². The number of hydrogen-bond donors (Lipinski definition) is 0. The van der Waals surface area contributed by atoms with Crippen LogP contribution in [-0.4, -0.2) is 36.3 Å². The normalized spacial score (nSPS) is 18.6. The molecule has 1 saturated heterocycles. The number of likely N-dealkylation sites (tertiary alicyclic amines) is 1. The molecular formula is C22H25NO3S. The fourth-order valence-electron chi connectivity index (χ4n) is 3.86. The average Bonchev–Trinajstić information content (AvgIpc) is 3.16. The number of fused-ring (bicyclic) bond motifs is 1. The quantitative estimate of drug-likeness (QED) is 0.727. The molecule has 0 saturated carbocycles. The van der Waals surface area contributed by atoms with Gasteiger partial charge in [0, 0.05) is 11.4 Å². The second-order valence-corrected chi connectivity index (χ2v) is 8.22. The molecule has 0 radical (unpaired) electrons. The van der Waals surface area contributed by atoms with Crippen LogP contribution in [0, 0.1) is 13.8 Å². The maximum absolute atomic E-state index is 12.9. The van der Waals surface area contributed by atoms with Gasteiger partial charge in [0.1, 0.15) is 13.2 Å². The molecule has 2 aliphatic rings. The van der Waals surface area contributed by atoms with Crippen molar-refractivity contribution in [1.29, 1.82) is 0 Å². The summed E-state index contributed by atoms with van der Waals surface area (Å²) in [7, 11) is 0. The number of aryl methyl sites for hydroxylation is 2. The molecule has 2 aromatic carbocycles. The molecule has 4 nitrogen and oxygen atoms in total. The van der Waals surface area contributed by atoms with Gasteiger partial charge in [0.15, 0.2) is 11.5 Å². The second-order valence-electron chi connectivity index (χ2n) is 7.21. The highest BCUT2D eigenvalue weighted by Crippen LogP contribution is 2.38. The first kappa shape index (κ1) is 18.2. The molecule has 1 unspecified atom stereocenters. The van der Waals surface area contributed by atoms with Gasteiger partial charge in [-0.25, -0.2) is 0 Å². The van der Waals surface area contributed by atoms with E-state index in [9.17, 15) is 4.79 Å². The first-order chi connectivity index (χ1) is 13.1. The van der Waals surface area contributed by atoms with Gasteiger partial charge >= 0.3 is 0 Å². The highest BCUT2D eigenvalue weighted by Gasteiger charge is 2.30. The third-order valence-corrected chi connectivity index (χ3v) is 6.37. The Balaban J connectivity index is 1.45. The first-order valence-electron chi connectivity index (χ1n) is 9.51. The van der Waals surface area contributed by atoms with Crippen LogP contribution in [0.2, 0.25) is 0 Å². The van der Waals surface area contributed by atoms with E-state index in [2.05, 4.69) is 38.1 Å². The largest absolute Gasteiger partial charge is 0.486 e. The fraction of sp³-hybridized carbons (Fsp3) is 0.409. The summed E-state index contributed by atoms with van der Waals surface area (Å²) in [6.07, 6.45) is 2.04. The number of ether oxygens (including phenoxy) is 2. The van der Waals surface area contributed by atoms with Gasteiger partial charge in [-0.1, -0.05) is 23.8 Å². The van der Waals surface area contributed by atoms with Crippen molar-refractivity contribution in [3.05, 3.63) is 53.1 Å². The molecule has 0 N–H and O–H groups in total. The van der Waals surface area contributed by atoms with Crippen LogP contribution in [0.25, 0.3) is 0 Å². The van der Waals surface area contributed by atoms with Crippen molar-refractivity contribution in [2.75, 3.05) is 25.5 Å². The topological polar surface area (TPSA) is 38.8 Å². The van der Waals surface area contributed by atoms with E-state index in [1.807, 2.05) is 17.0 Å². The summed E-state index contributed by atoms with van der Waals surface area (Å²) in [5, 5.41) is 0. The van der Waals surface area contributed by atoms with Crippen LogP contribution < -0.4 is 9.47 Å². The minimum absolute atomic E-state index is 0.132. The highest BCUT2D eigenvalue weighted by atomic mass is 32.2. The van der Waals surface area contributed by atoms with E-state index in [1.54, 1.807) is 11.8 Å². The number of thioether (sulfide) groups is 1. The van der Waals surface area contributed by atoms with Gasteiger partial charge in [0.2, 0.25) is 5.91 Å². The summed E-state index contributed by atoms with van der Waals surface area (Å²) in [6.45, 7) is 6.19. The maximum atomic E-state index is 12.9. The Kier molecular flexibility index (Phi) is 5.30. The third-order valence-electron chi connectivity index (χ3n) is 5.21. The van der Waals surface area contributed by atoms with Crippen molar-refractivity contribution in [2.45, 2.75) is 37.6 Å². The van der Waals surface area contributed by atoms with Crippen molar-refractivity contribution in [2.24, 2.45) is 0 Å². The summed E-state index contributed by atoms with van der Waals surface area (Å²) in [5.41, 5.74) is 3.63. The molecule has 2 aliphatic heterocycles. The fourth-order valence-corrected chi connectivity index (χ4v) is 4.76. The summed E-state index contributed by atoms with van der Waals surface area (Å²) in [4.78, 5) is 16.1. The minimum atomic E-state index is 0.132. The summed E-state index contributed by atoms with van der Waals surface area (Å²) in [6, 6.07) is 12.6. The Morgan fingerprint density at radius 3 is 2.74 bits per heavy atom. The van der Waals surface area contributed by atoms with E-state index in [-0.39, 0.29) is 11.9 Å². The van der Waals surface area contributed by atoms with E-state index in [1.165, 1.54) is 16.0 Å². The number of rotatable bonds is 4. The van der Waals surface area contributed by atoms with E-state index < -0.39 is 0 Å². The molecule has 0 aliphatic carbocycles. The molecule has 2 heterocycles. The number of nitrogens with zero attached hydrogens (tertiary/aromatic N) is 1. The molecular weight excluding hydrogens is 358 g/mol. The third kappa shape index (κ3) is 3.93. The van der Waals surface area contributed by atoms with Crippen LogP contribution in [0.4, 0.5) is 0 Å². The first-order valence-corrected chi connectivity index (χ1v) is 10.5. The Morgan fingerprint density at radius 2 is 1.93 bits per heavy atom. The molecule has 0 bridgehead atoms. The zero-order chi connectivity index (χ0) is 18.8. The molecule has 2 aromatic rings. The van der Waals surface area contributed by atoms with E-state index >= 15 is 0 Å². The van der Waals surface area contributed by atoms with Crippen LogP contribution in [0.1, 0.15) is 35.6 Å². The lowest BCUT2D eigenvalue weighted by Crippen LogP contribution is -2.32. The second kappa shape index (κ2) is 7.85. The number of carbonyl (C=O) groups excluding carboxylic acids is 1. The SMILES string of the molecule is Cc1ccc(SCC(=O)N2CCCC2c2ccc3c(c2)OCCO3)c(C)c1. The lowest BCUT2D eigenvalue weighted by molar-refractivity contribution is -0.129. The Labute approximate surface area is 164 Å². The average molecular weight is 384 g/mol. The van der Waals surface area contributed by atoms with Gasteiger partial charge in [-0.15, -0.1) is 11.8 Å². The number of hydrogen-bond acceptors (Lipinski definition) is 4. The summed E-state index contributed by atoms with van der Waals surface area (Å²) >= 11 is 1.63. The minimum Gasteiger partial charge on any atom is -0.486 e. The van der Waals surface area contributed by atoms with Crippen LogP contribution in [0.5, 0.6) is 11.5 Å². The Bertz CT molecular complexity index is 851. The van der Waals surface area contributed by atoms with Gasteiger partial charge in [-0.2, -0.15) is 0 Å². The number of benzene rings is 2. The Hall–Kier alpha value is -2.14. The molecule has 27 heavy (non-hydrogen) atoms.